The zero-order chi connectivity index (χ0) is 22.2. The van der Waals surface area contributed by atoms with E-state index in [0.29, 0.717) is 11.8 Å². The van der Waals surface area contributed by atoms with Crippen LogP contribution in [0, 0.1) is 18.7 Å². The van der Waals surface area contributed by atoms with Crippen LogP contribution in [0.1, 0.15) is 48.6 Å². The molecule has 0 atom stereocenters. The number of carbonyl (C=O) groups is 1. The van der Waals surface area contributed by atoms with Crippen molar-refractivity contribution in [3.8, 4) is 0 Å². The molecule has 164 valence electrons. The van der Waals surface area contributed by atoms with Crippen molar-refractivity contribution in [1.82, 2.24) is 9.55 Å². The summed E-state index contributed by atoms with van der Waals surface area (Å²) >= 11 is 0. The number of pyridine rings is 1. The highest BCUT2D eigenvalue weighted by Gasteiger charge is 2.28. The molecule has 1 aliphatic rings. The minimum Gasteiger partial charge on any atom is -0.480 e. The number of halogens is 1. The third-order valence-corrected chi connectivity index (χ3v) is 7.04. The summed E-state index contributed by atoms with van der Waals surface area (Å²) in [4.78, 5) is 16.3. The minimum atomic E-state index is -0.882. The number of fused-ring (bicyclic) bond motifs is 2. The maximum atomic E-state index is 14.1. The van der Waals surface area contributed by atoms with Gasteiger partial charge in [0.15, 0.2) is 0 Å². The van der Waals surface area contributed by atoms with Crippen LogP contribution in [0.4, 0.5) is 4.39 Å². The molecule has 2 heterocycles. The molecule has 4 nitrogen and oxygen atoms in total. The number of benzene rings is 2. The molecular weight excluding hydrogens is 403 g/mol. The summed E-state index contributed by atoms with van der Waals surface area (Å²) in [6, 6.07) is 17.2. The van der Waals surface area contributed by atoms with Crippen LogP contribution in [-0.4, -0.2) is 20.6 Å². The van der Waals surface area contributed by atoms with Gasteiger partial charge in [-0.3, -0.25) is 9.78 Å². The number of aromatic nitrogens is 2. The van der Waals surface area contributed by atoms with Gasteiger partial charge in [-0.2, -0.15) is 0 Å². The Hall–Kier alpha value is -3.21. The average Bonchev–Trinajstić information content (AvgIpc) is 3.04. The van der Waals surface area contributed by atoms with Crippen LogP contribution in [0.15, 0.2) is 54.6 Å². The van der Waals surface area contributed by atoms with Crippen LogP contribution < -0.4 is 0 Å². The Bertz CT molecular complexity index is 1300. The SMILES string of the molecule is Cc1c(C2CCC(Cc3ccc4ccccc4n3)CC2)c2cc(F)ccc2n1CC(=O)O. The van der Waals surface area contributed by atoms with E-state index in [-0.39, 0.29) is 12.4 Å². The molecule has 0 amide bonds. The number of nitrogens with zero attached hydrogens (tertiary/aromatic N) is 2. The summed E-state index contributed by atoms with van der Waals surface area (Å²) < 4.78 is 15.9. The second kappa shape index (κ2) is 8.38. The van der Waals surface area contributed by atoms with Gasteiger partial charge in [-0.25, -0.2) is 4.39 Å². The second-order valence-electron chi connectivity index (χ2n) is 9.06. The highest BCUT2D eigenvalue weighted by molar-refractivity contribution is 5.87. The van der Waals surface area contributed by atoms with Crippen LogP contribution in [0.25, 0.3) is 21.8 Å². The molecule has 1 fully saturated rings. The molecule has 2 aromatic carbocycles. The Morgan fingerprint density at radius 1 is 1.09 bits per heavy atom. The second-order valence-corrected chi connectivity index (χ2v) is 9.06. The summed E-state index contributed by atoms with van der Waals surface area (Å²) in [7, 11) is 0. The molecule has 1 saturated carbocycles. The van der Waals surface area contributed by atoms with Crippen molar-refractivity contribution in [2.45, 2.75) is 51.5 Å². The smallest absolute Gasteiger partial charge is 0.323 e. The minimum absolute atomic E-state index is 0.100. The molecule has 1 N–H and O–H groups in total. The fraction of sp³-hybridized carbons (Fsp3) is 0.333. The van der Waals surface area contributed by atoms with Crippen LogP contribution in [0.3, 0.4) is 0 Å². The van der Waals surface area contributed by atoms with Crippen LogP contribution >= 0.6 is 0 Å². The fourth-order valence-corrected chi connectivity index (χ4v) is 5.51. The number of carboxylic acids is 1. The number of aliphatic carboxylic acids is 1. The van der Waals surface area contributed by atoms with Gasteiger partial charge in [0.25, 0.3) is 0 Å². The average molecular weight is 431 g/mol. The predicted octanol–water partition coefficient (Wildman–Crippen LogP) is 6.24. The van der Waals surface area contributed by atoms with Gasteiger partial charge in [0.05, 0.1) is 5.52 Å². The van der Waals surface area contributed by atoms with Crippen molar-refractivity contribution in [1.29, 1.82) is 0 Å². The molecule has 0 spiro atoms. The van der Waals surface area contributed by atoms with E-state index in [4.69, 9.17) is 4.98 Å². The number of carboxylic acid groups (broad SMARTS) is 1. The molecule has 32 heavy (non-hydrogen) atoms. The lowest BCUT2D eigenvalue weighted by Crippen LogP contribution is -2.17. The van der Waals surface area contributed by atoms with Crippen molar-refractivity contribution in [3.63, 3.8) is 0 Å². The molecule has 0 saturated heterocycles. The van der Waals surface area contributed by atoms with Gasteiger partial charge in [-0.05, 0) is 86.8 Å². The predicted molar refractivity (Wildman–Crippen MR) is 124 cm³/mol. The van der Waals surface area contributed by atoms with Gasteiger partial charge in [0.1, 0.15) is 12.4 Å². The van der Waals surface area contributed by atoms with E-state index < -0.39 is 5.97 Å². The summed E-state index contributed by atoms with van der Waals surface area (Å²) in [5, 5.41) is 11.4. The van der Waals surface area contributed by atoms with Crippen molar-refractivity contribution in [2.24, 2.45) is 5.92 Å². The molecule has 2 aromatic heterocycles. The first kappa shape index (κ1) is 20.7. The zero-order valence-electron chi connectivity index (χ0n) is 18.2. The molecule has 5 heteroatoms. The van der Waals surface area contributed by atoms with Crippen LogP contribution in [0.5, 0.6) is 0 Å². The third-order valence-electron chi connectivity index (χ3n) is 7.04. The van der Waals surface area contributed by atoms with Crippen LogP contribution in [0.2, 0.25) is 0 Å². The Labute approximate surface area is 186 Å². The molecule has 0 unspecified atom stereocenters. The lowest BCUT2D eigenvalue weighted by atomic mass is 9.76. The Morgan fingerprint density at radius 2 is 1.88 bits per heavy atom. The zero-order valence-corrected chi connectivity index (χ0v) is 18.2. The lowest BCUT2D eigenvalue weighted by Gasteiger charge is -2.29. The first-order chi connectivity index (χ1) is 15.5. The highest BCUT2D eigenvalue weighted by Crippen LogP contribution is 2.42. The normalized spacial score (nSPS) is 18.9. The fourth-order valence-electron chi connectivity index (χ4n) is 5.51. The third kappa shape index (κ3) is 3.88. The largest absolute Gasteiger partial charge is 0.480 e. The van der Waals surface area contributed by atoms with Crippen molar-refractivity contribution >= 4 is 27.8 Å². The van der Waals surface area contributed by atoms with E-state index >= 15 is 0 Å². The molecule has 1 aliphatic carbocycles. The van der Waals surface area contributed by atoms with Gasteiger partial charge in [0.2, 0.25) is 0 Å². The number of rotatable bonds is 5. The van der Waals surface area contributed by atoms with E-state index in [0.717, 1.165) is 65.5 Å². The van der Waals surface area contributed by atoms with Crippen molar-refractivity contribution in [3.05, 3.63) is 77.4 Å². The summed E-state index contributed by atoms with van der Waals surface area (Å²) in [6.45, 7) is 1.87. The molecular formula is C27H27FN2O2. The summed E-state index contributed by atoms with van der Waals surface area (Å²) in [6.07, 6.45) is 5.23. The van der Waals surface area contributed by atoms with E-state index in [1.165, 1.54) is 11.5 Å². The van der Waals surface area contributed by atoms with E-state index in [1.54, 1.807) is 12.1 Å². The van der Waals surface area contributed by atoms with E-state index in [2.05, 4.69) is 24.3 Å². The quantitative estimate of drug-likeness (QED) is 0.408. The number of hydrogen-bond acceptors (Lipinski definition) is 2. The lowest BCUT2D eigenvalue weighted by molar-refractivity contribution is -0.137. The molecule has 5 rings (SSSR count). The van der Waals surface area contributed by atoms with Gasteiger partial charge in [-0.1, -0.05) is 24.3 Å². The standard InChI is InChI=1S/C27H27FN2O2/c1-17-27(23-15-21(28)11-13-25(23)30(17)16-26(31)32)20-8-6-18(7-9-20)14-22-12-10-19-4-2-3-5-24(19)29-22/h2-5,10-13,15,18,20H,6-9,14,16H2,1H3,(H,31,32). The topological polar surface area (TPSA) is 55.1 Å². The van der Waals surface area contributed by atoms with E-state index in [9.17, 15) is 14.3 Å². The molecule has 0 bridgehead atoms. The Morgan fingerprint density at radius 3 is 2.66 bits per heavy atom. The van der Waals surface area contributed by atoms with Crippen molar-refractivity contribution < 1.29 is 14.3 Å². The van der Waals surface area contributed by atoms with Gasteiger partial charge in [-0.15, -0.1) is 0 Å². The van der Waals surface area contributed by atoms with E-state index in [1.807, 2.05) is 23.6 Å². The first-order valence-electron chi connectivity index (χ1n) is 11.3. The monoisotopic (exact) mass is 430 g/mol. The number of hydrogen-bond donors (Lipinski definition) is 1. The summed E-state index contributed by atoms with van der Waals surface area (Å²) in [5.74, 6) is -0.241. The highest BCUT2D eigenvalue weighted by atomic mass is 19.1. The van der Waals surface area contributed by atoms with Crippen LogP contribution in [-0.2, 0) is 17.8 Å². The maximum Gasteiger partial charge on any atom is 0.323 e. The van der Waals surface area contributed by atoms with Crippen molar-refractivity contribution in [2.75, 3.05) is 0 Å². The molecule has 0 radical (unpaired) electrons. The first-order valence-corrected chi connectivity index (χ1v) is 11.3. The molecule has 4 aromatic rings. The number of para-hydroxylation sites is 1. The maximum absolute atomic E-state index is 14.1. The van der Waals surface area contributed by atoms with Gasteiger partial charge >= 0.3 is 5.97 Å². The van der Waals surface area contributed by atoms with Gasteiger partial charge < -0.3 is 9.67 Å². The Kier molecular flexibility index (Phi) is 5.41. The summed E-state index contributed by atoms with van der Waals surface area (Å²) in [5.41, 5.74) is 5.07. The van der Waals surface area contributed by atoms with Gasteiger partial charge in [0, 0.05) is 27.7 Å². The Balaban J connectivity index is 1.36. The molecule has 0 aliphatic heterocycles.